The molecule has 0 bridgehead atoms. The summed E-state index contributed by atoms with van der Waals surface area (Å²) in [6, 6.07) is 8.92. The van der Waals surface area contributed by atoms with Crippen LogP contribution in [0, 0.1) is 5.82 Å². The number of nitrogens with zero attached hydrogens (tertiary/aromatic N) is 1. The van der Waals surface area contributed by atoms with Crippen LogP contribution in [0.3, 0.4) is 0 Å². The largest absolute Gasteiger partial charge is 0.486 e. The Hall–Kier alpha value is -2.83. The predicted molar refractivity (Wildman–Crippen MR) is 111 cm³/mol. The summed E-state index contributed by atoms with van der Waals surface area (Å²) in [4.78, 5) is 27.8. The van der Waals surface area contributed by atoms with Gasteiger partial charge in [0.1, 0.15) is 29.5 Å². The molecule has 1 fully saturated rings. The Bertz CT molecular complexity index is 852. The number of hydrogen-bond donors (Lipinski definition) is 1. The van der Waals surface area contributed by atoms with E-state index in [0.29, 0.717) is 37.4 Å². The summed E-state index contributed by atoms with van der Waals surface area (Å²) in [6.07, 6.45) is 4.14. The van der Waals surface area contributed by atoms with Crippen molar-refractivity contribution < 1.29 is 23.1 Å². The van der Waals surface area contributed by atoms with Gasteiger partial charge in [0.05, 0.1) is 0 Å². The minimum Gasteiger partial charge on any atom is -0.486 e. The number of likely N-dealkylation sites (N-methyl/N-ethyl adjacent to an activating group) is 1. The van der Waals surface area contributed by atoms with Crippen LogP contribution in [0.5, 0.6) is 5.75 Å². The highest BCUT2D eigenvalue weighted by atomic mass is 19.1. The van der Waals surface area contributed by atoms with E-state index in [9.17, 15) is 14.0 Å². The first kappa shape index (κ1) is 21.9. The Morgan fingerprint density at radius 3 is 2.37 bits per heavy atom. The maximum Gasteiger partial charge on any atom is 0.287 e. The quantitative estimate of drug-likeness (QED) is 0.697. The highest BCUT2D eigenvalue weighted by molar-refractivity contribution is 5.97. The van der Waals surface area contributed by atoms with Crippen LogP contribution in [0.15, 0.2) is 40.8 Å². The van der Waals surface area contributed by atoms with Crippen molar-refractivity contribution in [1.29, 1.82) is 0 Å². The molecule has 0 unspecified atom stereocenters. The maximum absolute atomic E-state index is 13.2. The van der Waals surface area contributed by atoms with Crippen LogP contribution in [0.2, 0.25) is 0 Å². The molecule has 3 rings (SSSR count). The molecule has 7 heteroatoms. The number of carbonyl (C=O) groups excluding carboxylic acids is 2. The van der Waals surface area contributed by atoms with Crippen LogP contribution in [-0.4, -0.2) is 35.3 Å². The summed E-state index contributed by atoms with van der Waals surface area (Å²) in [5.41, 5.74) is -0.876. The van der Waals surface area contributed by atoms with Gasteiger partial charge in [-0.15, -0.1) is 0 Å². The Morgan fingerprint density at radius 1 is 1.07 bits per heavy atom. The number of furan rings is 1. The molecule has 1 aliphatic rings. The second kappa shape index (κ2) is 9.78. The SMILES string of the molecule is CCN(CC)C(=O)C1(NC(=O)c2ccc(COc3ccc(F)cc3)o2)CCCCC1. The smallest absolute Gasteiger partial charge is 0.287 e. The van der Waals surface area contributed by atoms with Crippen molar-refractivity contribution >= 4 is 11.8 Å². The molecule has 0 radical (unpaired) electrons. The molecule has 0 saturated heterocycles. The minimum absolute atomic E-state index is 0.0213. The molecule has 1 aliphatic carbocycles. The van der Waals surface area contributed by atoms with Gasteiger partial charge in [-0.25, -0.2) is 4.39 Å². The fraction of sp³-hybridized carbons (Fsp3) is 0.478. The molecule has 0 spiro atoms. The molecular formula is C23H29FN2O4. The molecule has 2 aromatic rings. The summed E-state index contributed by atoms with van der Waals surface area (Å²) in [6.45, 7) is 5.22. The second-order valence-electron chi connectivity index (χ2n) is 7.58. The van der Waals surface area contributed by atoms with Gasteiger partial charge >= 0.3 is 0 Å². The molecule has 30 heavy (non-hydrogen) atoms. The monoisotopic (exact) mass is 416 g/mol. The van der Waals surface area contributed by atoms with E-state index < -0.39 is 11.4 Å². The van der Waals surface area contributed by atoms with E-state index >= 15 is 0 Å². The topological polar surface area (TPSA) is 71.8 Å². The minimum atomic E-state index is -0.876. The molecule has 0 aliphatic heterocycles. The van der Waals surface area contributed by atoms with Crippen molar-refractivity contribution in [2.75, 3.05) is 13.1 Å². The normalized spacial score (nSPS) is 15.4. The zero-order valence-electron chi connectivity index (χ0n) is 17.6. The highest BCUT2D eigenvalue weighted by Gasteiger charge is 2.43. The van der Waals surface area contributed by atoms with Gasteiger partial charge in [0.15, 0.2) is 5.76 Å². The average molecular weight is 416 g/mol. The number of nitrogens with one attached hydrogen (secondary N) is 1. The van der Waals surface area contributed by atoms with E-state index in [1.165, 1.54) is 24.3 Å². The molecule has 1 aromatic heterocycles. The highest BCUT2D eigenvalue weighted by Crippen LogP contribution is 2.31. The molecule has 6 nitrogen and oxygen atoms in total. The van der Waals surface area contributed by atoms with Crippen molar-refractivity contribution in [3.8, 4) is 5.75 Å². The van der Waals surface area contributed by atoms with Gasteiger partial charge < -0.3 is 19.4 Å². The lowest BCUT2D eigenvalue weighted by molar-refractivity contribution is -0.139. The maximum atomic E-state index is 13.2. The second-order valence-corrected chi connectivity index (χ2v) is 7.58. The van der Waals surface area contributed by atoms with Crippen LogP contribution in [0.25, 0.3) is 0 Å². The van der Waals surface area contributed by atoms with E-state index in [4.69, 9.17) is 9.15 Å². The lowest BCUT2D eigenvalue weighted by atomic mass is 9.80. The standard InChI is InChI=1S/C23H29FN2O4/c1-3-26(4-2)22(28)23(14-6-5-7-15-23)25-21(27)20-13-12-19(30-20)16-29-18-10-8-17(24)9-11-18/h8-13H,3-7,14-16H2,1-2H3,(H,25,27). The molecule has 1 N–H and O–H groups in total. The first-order valence-electron chi connectivity index (χ1n) is 10.6. The number of amides is 2. The lowest BCUT2D eigenvalue weighted by Gasteiger charge is -2.39. The fourth-order valence-electron chi connectivity index (χ4n) is 3.90. The van der Waals surface area contributed by atoms with E-state index in [0.717, 1.165) is 19.3 Å². The summed E-state index contributed by atoms with van der Waals surface area (Å²) in [5.74, 6) is 0.361. The van der Waals surface area contributed by atoms with Gasteiger partial charge in [0.2, 0.25) is 5.91 Å². The Labute approximate surface area is 176 Å². The molecule has 0 atom stereocenters. The van der Waals surface area contributed by atoms with Gasteiger partial charge in [0, 0.05) is 13.1 Å². The van der Waals surface area contributed by atoms with E-state index in [1.54, 1.807) is 17.0 Å². The third-order valence-electron chi connectivity index (χ3n) is 5.60. The molecule has 1 aromatic carbocycles. The van der Waals surface area contributed by atoms with Crippen molar-refractivity contribution in [1.82, 2.24) is 10.2 Å². The number of hydrogen-bond acceptors (Lipinski definition) is 4. The lowest BCUT2D eigenvalue weighted by Crippen LogP contribution is -2.60. The van der Waals surface area contributed by atoms with Crippen molar-refractivity contribution in [3.63, 3.8) is 0 Å². The van der Waals surface area contributed by atoms with Crippen LogP contribution < -0.4 is 10.1 Å². The van der Waals surface area contributed by atoms with Crippen molar-refractivity contribution in [3.05, 3.63) is 53.7 Å². The van der Waals surface area contributed by atoms with Crippen LogP contribution in [0.4, 0.5) is 4.39 Å². The van der Waals surface area contributed by atoms with Crippen LogP contribution >= 0.6 is 0 Å². The Morgan fingerprint density at radius 2 is 1.73 bits per heavy atom. The van der Waals surface area contributed by atoms with E-state index in [-0.39, 0.29) is 24.1 Å². The van der Waals surface area contributed by atoms with E-state index in [1.807, 2.05) is 13.8 Å². The zero-order chi connectivity index (χ0) is 21.6. The zero-order valence-corrected chi connectivity index (χ0v) is 17.6. The first-order chi connectivity index (χ1) is 14.5. The summed E-state index contributed by atoms with van der Waals surface area (Å²) < 4.78 is 24.2. The molecular weight excluding hydrogens is 387 g/mol. The van der Waals surface area contributed by atoms with Gasteiger partial charge in [-0.05, 0) is 63.1 Å². The molecule has 2 amide bonds. The number of carbonyl (C=O) groups is 2. The summed E-state index contributed by atoms with van der Waals surface area (Å²) in [5, 5.41) is 2.98. The van der Waals surface area contributed by atoms with Crippen molar-refractivity contribution in [2.24, 2.45) is 0 Å². The van der Waals surface area contributed by atoms with Crippen LogP contribution in [-0.2, 0) is 11.4 Å². The number of halogens is 1. The first-order valence-corrected chi connectivity index (χ1v) is 10.6. The molecule has 1 saturated carbocycles. The van der Waals surface area contributed by atoms with Gasteiger partial charge in [-0.3, -0.25) is 9.59 Å². The fourth-order valence-corrected chi connectivity index (χ4v) is 3.90. The number of ether oxygens (including phenoxy) is 1. The van der Waals surface area contributed by atoms with E-state index in [2.05, 4.69) is 5.32 Å². The molecule has 162 valence electrons. The Balaban J connectivity index is 1.67. The molecule has 1 heterocycles. The van der Waals surface area contributed by atoms with Crippen LogP contribution in [0.1, 0.15) is 62.3 Å². The van der Waals surface area contributed by atoms with Crippen molar-refractivity contribution in [2.45, 2.75) is 58.1 Å². The summed E-state index contributed by atoms with van der Waals surface area (Å²) >= 11 is 0. The van der Waals surface area contributed by atoms with Gasteiger partial charge in [-0.2, -0.15) is 0 Å². The number of benzene rings is 1. The summed E-state index contributed by atoms with van der Waals surface area (Å²) in [7, 11) is 0. The third kappa shape index (κ3) is 5.01. The predicted octanol–water partition coefficient (Wildman–Crippen LogP) is 4.30. The number of rotatable bonds is 8. The average Bonchev–Trinajstić information content (AvgIpc) is 3.24. The van der Waals surface area contributed by atoms with Gasteiger partial charge in [0.25, 0.3) is 5.91 Å². The third-order valence-corrected chi connectivity index (χ3v) is 5.60. The Kier molecular flexibility index (Phi) is 7.13. The van der Waals surface area contributed by atoms with Gasteiger partial charge in [-0.1, -0.05) is 19.3 Å².